The lowest BCUT2D eigenvalue weighted by Crippen LogP contribution is -2.35. The molecule has 41 heavy (non-hydrogen) atoms. The second-order valence-electron chi connectivity index (χ2n) is 9.45. The number of nitrogens with zero attached hydrogens (tertiary/aromatic N) is 2. The highest BCUT2D eigenvalue weighted by Crippen LogP contribution is 2.40. The van der Waals surface area contributed by atoms with Gasteiger partial charge in [0.1, 0.15) is 28.0 Å². The lowest BCUT2D eigenvalue weighted by Gasteiger charge is -2.22. The molecule has 0 aliphatic heterocycles. The van der Waals surface area contributed by atoms with Gasteiger partial charge in [0.15, 0.2) is 5.75 Å². The summed E-state index contributed by atoms with van der Waals surface area (Å²) < 4.78 is 52.2. The standard InChI is InChI=1S/C27H30ClFIN5O5S/c1-5-35(6-2)41(38,39)33-20-8-7-9-21(23(20)28)40-24-15(3)27(37)34(4)25(22(24)26(36)31-17-11-12-17)32-19-13-10-16(30)14-18(19)29/h7-10,13-14,17,32-33H,5-6,11-12H2,1-4H3,(H,31,36). The Balaban J connectivity index is 1.84. The number of anilines is 3. The predicted octanol–water partition coefficient (Wildman–Crippen LogP) is 5.52. The molecule has 0 atom stereocenters. The molecule has 1 aromatic heterocycles. The zero-order chi connectivity index (χ0) is 30.1. The van der Waals surface area contributed by atoms with Gasteiger partial charge in [-0.1, -0.05) is 31.5 Å². The quantitative estimate of drug-likeness (QED) is 0.225. The Morgan fingerprint density at radius 2 is 1.88 bits per heavy atom. The van der Waals surface area contributed by atoms with Crippen molar-refractivity contribution in [2.24, 2.45) is 7.05 Å². The number of carbonyl (C=O) groups excluding carboxylic acids is 1. The molecule has 0 radical (unpaired) electrons. The molecule has 2 aromatic carbocycles. The maximum absolute atomic E-state index is 14.8. The van der Waals surface area contributed by atoms with Gasteiger partial charge >= 0.3 is 10.2 Å². The van der Waals surface area contributed by atoms with E-state index in [1.807, 2.05) is 22.6 Å². The molecule has 1 heterocycles. The molecule has 1 fully saturated rings. The average Bonchev–Trinajstić information content (AvgIpc) is 3.73. The molecule has 1 aliphatic rings. The fourth-order valence-electron chi connectivity index (χ4n) is 4.15. The number of nitrogens with one attached hydrogen (secondary N) is 3. The minimum atomic E-state index is -3.90. The van der Waals surface area contributed by atoms with E-state index in [9.17, 15) is 22.4 Å². The summed E-state index contributed by atoms with van der Waals surface area (Å²) in [6, 6.07) is 8.97. The molecular formula is C27H30ClFIN5O5S. The topological polar surface area (TPSA) is 122 Å². The van der Waals surface area contributed by atoms with E-state index in [0.717, 1.165) is 12.8 Å². The normalized spacial score (nSPS) is 13.3. The van der Waals surface area contributed by atoms with Crippen LogP contribution in [0.1, 0.15) is 42.6 Å². The van der Waals surface area contributed by atoms with Crippen molar-refractivity contribution in [3.8, 4) is 11.5 Å². The van der Waals surface area contributed by atoms with Crippen molar-refractivity contribution >= 4 is 67.5 Å². The highest BCUT2D eigenvalue weighted by Gasteiger charge is 2.31. The predicted molar refractivity (Wildman–Crippen MR) is 166 cm³/mol. The number of hydrogen-bond donors (Lipinski definition) is 3. The Bertz CT molecular complexity index is 1660. The van der Waals surface area contributed by atoms with E-state index >= 15 is 0 Å². The van der Waals surface area contributed by atoms with Gasteiger partial charge in [0.25, 0.3) is 11.5 Å². The van der Waals surface area contributed by atoms with E-state index in [2.05, 4.69) is 15.4 Å². The molecule has 10 nitrogen and oxygen atoms in total. The summed E-state index contributed by atoms with van der Waals surface area (Å²) in [7, 11) is -2.44. The summed E-state index contributed by atoms with van der Waals surface area (Å²) >= 11 is 8.57. The van der Waals surface area contributed by atoms with Gasteiger partial charge in [-0.05, 0) is 72.7 Å². The Morgan fingerprint density at radius 3 is 2.49 bits per heavy atom. The highest BCUT2D eigenvalue weighted by atomic mass is 127. The summed E-state index contributed by atoms with van der Waals surface area (Å²) in [5, 5.41) is 5.73. The van der Waals surface area contributed by atoms with Crippen LogP contribution in [0.15, 0.2) is 41.2 Å². The number of halogens is 3. The van der Waals surface area contributed by atoms with Crippen LogP contribution in [0.3, 0.4) is 0 Å². The van der Waals surface area contributed by atoms with Gasteiger partial charge in [0.2, 0.25) is 0 Å². The summed E-state index contributed by atoms with van der Waals surface area (Å²) in [6.07, 6.45) is 1.61. The fourth-order valence-corrected chi connectivity index (χ4v) is 6.12. The third-order valence-electron chi connectivity index (χ3n) is 6.55. The van der Waals surface area contributed by atoms with Crippen molar-refractivity contribution < 1.29 is 22.3 Å². The van der Waals surface area contributed by atoms with E-state index in [4.69, 9.17) is 16.3 Å². The maximum atomic E-state index is 14.8. The van der Waals surface area contributed by atoms with Gasteiger partial charge in [-0.25, -0.2) is 4.39 Å². The summed E-state index contributed by atoms with van der Waals surface area (Å²) in [5.74, 6) is -1.16. The Kier molecular flexibility index (Phi) is 9.51. The van der Waals surface area contributed by atoms with Crippen molar-refractivity contribution in [2.45, 2.75) is 39.7 Å². The third-order valence-corrected chi connectivity index (χ3v) is 9.28. The number of benzene rings is 2. The van der Waals surface area contributed by atoms with Crippen LogP contribution in [0.25, 0.3) is 0 Å². The second kappa shape index (κ2) is 12.5. The van der Waals surface area contributed by atoms with Crippen molar-refractivity contribution in [1.82, 2.24) is 14.2 Å². The molecule has 0 spiro atoms. The first kappa shape index (κ1) is 31.1. The third kappa shape index (κ3) is 6.79. The molecule has 4 rings (SSSR count). The SMILES string of the molecule is CCN(CC)S(=O)(=O)Nc1cccc(Oc2c(C(=O)NC3CC3)c(Nc3ccc(I)cc3F)n(C)c(=O)c2C)c1Cl. The Morgan fingerprint density at radius 1 is 1.20 bits per heavy atom. The van der Waals surface area contributed by atoms with Crippen LogP contribution in [0.4, 0.5) is 21.6 Å². The minimum absolute atomic E-state index is 0.00892. The highest BCUT2D eigenvalue weighted by molar-refractivity contribution is 14.1. The summed E-state index contributed by atoms with van der Waals surface area (Å²) in [4.78, 5) is 26.9. The number of rotatable bonds is 11. The fraction of sp³-hybridized carbons (Fsp3) is 0.333. The Hall–Kier alpha value is -2.88. The molecule has 220 valence electrons. The number of amides is 1. The summed E-state index contributed by atoms with van der Waals surface area (Å²) in [5.41, 5.74) is -0.305. The molecular weight excluding hydrogens is 688 g/mol. The monoisotopic (exact) mass is 717 g/mol. The van der Waals surface area contributed by atoms with Crippen LogP contribution in [0.2, 0.25) is 5.02 Å². The second-order valence-corrected chi connectivity index (χ2v) is 12.7. The van der Waals surface area contributed by atoms with Crippen LogP contribution < -0.4 is 25.7 Å². The van der Waals surface area contributed by atoms with Crippen molar-refractivity contribution in [3.63, 3.8) is 0 Å². The first-order valence-corrected chi connectivity index (χ1v) is 15.8. The van der Waals surface area contributed by atoms with Gasteiger partial charge in [-0.3, -0.25) is 18.9 Å². The first-order chi connectivity index (χ1) is 19.4. The van der Waals surface area contributed by atoms with E-state index in [-0.39, 0.29) is 64.0 Å². The number of ether oxygens (including phenoxy) is 1. The molecule has 1 amide bonds. The Labute approximate surface area is 256 Å². The van der Waals surface area contributed by atoms with Gasteiger partial charge in [-0.15, -0.1) is 0 Å². The van der Waals surface area contributed by atoms with Gasteiger partial charge in [0.05, 0.1) is 16.9 Å². The van der Waals surface area contributed by atoms with Gasteiger partial charge in [0, 0.05) is 29.7 Å². The number of carbonyl (C=O) groups is 1. The van der Waals surface area contributed by atoms with E-state index in [1.165, 1.54) is 53.2 Å². The maximum Gasteiger partial charge on any atom is 0.301 e. The van der Waals surface area contributed by atoms with Crippen LogP contribution in [0.5, 0.6) is 11.5 Å². The molecule has 1 aliphatic carbocycles. The number of aromatic nitrogens is 1. The molecule has 0 bridgehead atoms. The van der Waals surface area contributed by atoms with Crippen LogP contribution in [-0.4, -0.2) is 42.3 Å². The van der Waals surface area contributed by atoms with Crippen molar-refractivity contribution in [1.29, 1.82) is 0 Å². The molecule has 1 saturated carbocycles. The van der Waals surface area contributed by atoms with Crippen molar-refractivity contribution in [2.75, 3.05) is 23.1 Å². The summed E-state index contributed by atoms with van der Waals surface area (Å²) in [6.45, 7) is 5.43. The average molecular weight is 718 g/mol. The van der Waals surface area contributed by atoms with Gasteiger partial charge < -0.3 is 15.4 Å². The number of hydrogen-bond acceptors (Lipinski definition) is 6. The van der Waals surface area contributed by atoms with Gasteiger partial charge in [-0.2, -0.15) is 12.7 Å². The smallest absolute Gasteiger partial charge is 0.301 e. The largest absolute Gasteiger partial charge is 0.454 e. The van der Waals surface area contributed by atoms with Crippen molar-refractivity contribution in [3.05, 3.63) is 72.3 Å². The molecule has 3 N–H and O–H groups in total. The van der Waals surface area contributed by atoms with E-state index in [1.54, 1.807) is 19.9 Å². The minimum Gasteiger partial charge on any atom is -0.454 e. The molecule has 14 heteroatoms. The van der Waals surface area contributed by atoms with E-state index in [0.29, 0.717) is 3.57 Å². The zero-order valence-electron chi connectivity index (χ0n) is 22.8. The van der Waals surface area contributed by atoms with Crippen LogP contribution >= 0.6 is 34.2 Å². The molecule has 0 unspecified atom stereocenters. The first-order valence-electron chi connectivity index (χ1n) is 12.9. The molecule has 0 saturated heterocycles. The zero-order valence-corrected chi connectivity index (χ0v) is 26.6. The lowest BCUT2D eigenvalue weighted by atomic mass is 10.1. The van der Waals surface area contributed by atoms with Crippen LogP contribution in [-0.2, 0) is 17.3 Å². The lowest BCUT2D eigenvalue weighted by molar-refractivity contribution is 0.0948. The molecule has 3 aromatic rings. The van der Waals surface area contributed by atoms with Crippen LogP contribution in [0, 0.1) is 16.3 Å². The number of pyridine rings is 1. The van der Waals surface area contributed by atoms with E-state index < -0.39 is 27.5 Å².